The molecule has 3 rings (SSSR count). The number of pyridine rings is 1. The van der Waals surface area contributed by atoms with E-state index in [1.807, 2.05) is 0 Å². The number of carbonyl (C=O) groups excluding carboxylic acids is 1. The van der Waals surface area contributed by atoms with Crippen LogP contribution in [0.1, 0.15) is 19.5 Å². The average Bonchev–Trinajstić information content (AvgIpc) is 2.74. The van der Waals surface area contributed by atoms with Gasteiger partial charge < -0.3 is 10.6 Å². The summed E-state index contributed by atoms with van der Waals surface area (Å²) in [6, 6.07) is 5.00. The molecule has 2 N–H and O–H groups in total. The van der Waals surface area contributed by atoms with E-state index in [9.17, 15) is 31.9 Å². The Balaban J connectivity index is 2.12. The topological polar surface area (TPSA) is 109 Å². The van der Waals surface area contributed by atoms with Crippen LogP contribution in [0, 0.1) is 5.82 Å². The second-order valence-corrected chi connectivity index (χ2v) is 8.36. The molecule has 14 heteroatoms. The van der Waals surface area contributed by atoms with E-state index in [0.717, 1.165) is 23.9 Å². The van der Waals surface area contributed by atoms with Crippen molar-refractivity contribution in [2.75, 3.05) is 5.84 Å². The van der Waals surface area contributed by atoms with Gasteiger partial charge in [0.05, 0.1) is 15.6 Å². The number of hydrogen-bond donors (Lipinski definition) is 1. The molecule has 0 saturated heterocycles. The number of ketones is 1. The number of nitrogens with two attached hydrogens (primary N) is 1. The minimum atomic E-state index is -5.08. The maximum absolute atomic E-state index is 14.7. The van der Waals surface area contributed by atoms with Crippen molar-refractivity contribution in [2.45, 2.75) is 35.9 Å². The molecule has 0 aliphatic heterocycles. The van der Waals surface area contributed by atoms with Crippen LogP contribution in [0.4, 0.5) is 17.6 Å². The van der Waals surface area contributed by atoms with Crippen molar-refractivity contribution in [3.63, 3.8) is 0 Å². The molecule has 0 saturated carbocycles. The zero-order valence-electron chi connectivity index (χ0n) is 17.4. The Morgan fingerprint density at radius 1 is 1.24 bits per heavy atom. The van der Waals surface area contributed by atoms with Crippen LogP contribution in [0.3, 0.4) is 0 Å². The highest BCUT2D eigenvalue weighted by Crippen LogP contribution is 2.39. The lowest BCUT2D eigenvalue weighted by molar-refractivity contribution is -0.143. The molecule has 0 spiro atoms. The number of aromatic nitrogens is 3. The third-order valence-corrected chi connectivity index (χ3v) is 6.00. The van der Waals surface area contributed by atoms with E-state index < -0.39 is 40.7 Å². The Morgan fingerprint density at radius 2 is 1.91 bits per heavy atom. The van der Waals surface area contributed by atoms with Crippen LogP contribution in [0.2, 0.25) is 5.02 Å². The van der Waals surface area contributed by atoms with E-state index in [1.165, 1.54) is 20.0 Å². The lowest BCUT2D eigenvalue weighted by Gasteiger charge is -2.16. The zero-order chi connectivity index (χ0) is 25.4. The minimum Gasteiger partial charge on any atom is -0.466 e. The maximum atomic E-state index is 14.7. The average molecular weight is 519 g/mol. The Labute approximate surface area is 197 Å². The first kappa shape index (κ1) is 25.3. The second-order valence-electron chi connectivity index (χ2n) is 6.87. The highest BCUT2D eigenvalue weighted by Gasteiger charge is 2.36. The van der Waals surface area contributed by atoms with Gasteiger partial charge in [0.2, 0.25) is 5.88 Å². The normalized spacial score (nSPS) is 12.4. The maximum Gasteiger partial charge on any atom is 0.433 e. The number of ether oxygens (including phenoxy) is 1. The van der Waals surface area contributed by atoms with Crippen LogP contribution in [-0.2, 0) is 11.0 Å². The Morgan fingerprint density at radius 3 is 2.53 bits per heavy atom. The summed E-state index contributed by atoms with van der Waals surface area (Å²) in [5, 5.41) is -0.131. The summed E-state index contributed by atoms with van der Waals surface area (Å²) >= 11 is 7.03. The predicted octanol–water partition coefficient (Wildman–Crippen LogP) is 3.43. The van der Waals surface area contributed by atoms with Crippen molar-refractivity contribution in [1.82, 2.24) is 14.2 Å². The number of hydrogen-bond acceptors (Lipinski definition) is 7. The second kappa shape index (κ2) is 9.50. The molecular weight excluding hydrogens is 504 g/mol. The minimum absolute atomic E-state index is 0.0631. The molecule has 3 aromatic rings. The SMILES string of the molecule is CC(=O)C(C)Oc1ncccc1Sc1cc(-n2c(=O)cc(C(F)(F)F)n(N)c2=O)c(F)cc1Cl. The van der Waals surface area contributed by atoms with Crippen molar-refractivity contribution >= 4 is 29.1 Å². The molecule has 0 aliphatic rings. The Kier molecular flexibility index (Phi) is 7.07. The van der Waals surface area contributed by atoms with Crippen LogP contribution in [0.5, 0.6) is 5.88 Å². The van der Waals surface area contributed by atoms with E-state index in [-0.39, 0.29) is 36.9 Å². The first-order valence-corrected chi connectivity index (χ1v) is 10.5. The summed E-state index contributed by atoms with van der Waals surface area (Å²) in [7, 11) is 0. The number of nitrogens with zero attached hydrogens (tertiary/aromatic N) is 3. The fraction of sp³-hybridized carbons (Fsp3) is 0.200. The van der Waals surface area contributed by atoms with Gasteiger partial charge in [0.15, 0.2) is 17.6 Å². The van der Waals surface area contributed by atoms with Crippen molar-refractivity contribution < 1.29 is 27.1 Å². The lowest BCUT2D eigenvalue weighted by atomic mass is 10.3. The van der Waals surface area contributed by atoms with Gasteiger partial charge in [-0.2, -0.15) is 13.2 Å². The van der Waals surface area contributed by atoms with Gasteiger partial charge in [-0.05, 0) is 38.1 Å². The van der Waals surface area contributed by atoms with Crippen molar-refractivity contribution in [3.05, 3.63) is 73.9 Å². The molecule has 180 valence electrons. The first-order chi connectivity index (χ1) is 15.8. The number of Topliss-reactive ketones (excluding diaryl/α,β-unsaturated/α-hetero) is 1. The molecule has 0 fully saturated rings. The number of halogens is 5. The van der Waals surface area contributed by atoms with Crippen LogP contribution in [-0.4, -0.2) is 26.1 Å². The molecule has 2 aromatic heterocycles. The van der Waals surface area contributed by atoms with Crippen molar-refractivity contribution in [1.29, 1.82) is 0 Å². The van der Waals surface area contributed by atoms with E-state index in [0.29, 0.717) is 4.90 Å². The van der Waals surface area contributed by atoms with Gasteiger partial charge in [0.1, 0.15) is 5.82 Å². The fourth-order valence-corrected chi connectivity index (χ4v) is 3.84. The van der Waals surface area contributed by atoms with E-state index in [2.05, 4.69) is 4.98 Å². The summed E-state index contributed by atoms with van der Waals surface area (Å²) in [6.07, 6.45) is -4.49. The molecule has 0 aliphatic carbocycles. The fourth-order valence-electron chi connectivity index (χ4n) is 2.68. The van der Waals surface area contributed by atoms with Crippen molar-refractivity contribution in [2.24, 2.45) is 0 Å². The van der Waals surface area contributed by atoms with Gasteiger partial charge >= 0.3 is 11.9 Å². The van der Waals surface area contributed by atoms with Gasteiger partial charge in [-0.1, -0.05) is 23.4 Å². The Bertz CT molecular complexity index is 1390. The molecular formula is C20H15ClF4N4O4S. The van der Waals surface area contributed by atoms with Crippen molar-refractivity contribution in [3.8, 4) is 11.6 Å². The summed E-state index contributed by atoms with van der Waals surface area (Å²) in [5.41, 5.74) is -5.42. The van der Waals surface area contributed by atoms with Crippen LogP contribution in [0.15, 0.2) is 55.9 Å². The zero-order valence-corrected chi connectivity index (χ0v) is 19.0. The number of nitrogen functional groups attached to an aromatic ring is 1. The standard InChI is InChI=1S/C20H15ClF4N4O4S/c1-9(30)10(2)33-18-14(4-3-5-27-18)34-15-7-13(12(22)6-11(15)21)28-17(31)8-16(20(23,24)25)29(26)19(28)32/h3-8,10H,26H2,1-2H3. The number of benzene rings is 1. The number of rotatable bonds is 6. The molecule has 0 amide bonds. The largest absolute Gasteiger partial charge is 0.466 e. The summed E-state index contributed by atoms with van der Waals surface area (Å²) < 4.78 is 59.2. The van der Waals surface area contributed by atoms with E-state index >= 15 is 0 Å². The smallest absolute Gasteiger partial charge is 0.433 e. The third kappa shape index (κ3) is 5.09. The van der Waals surface area contributed by atoms with E-state index in [1.54, 1.807) is 12.1 Å². The molecule has 0 bridgehead atoms. The molecule has 0 radical (unpaired) electrons. The summed E-state index contributed by atoms with van der Waals surface area (Å²) in [6.45, 7) is 2.85. The number of alkyl halides is 3. The van der Waals surface area contributed by atoms with Crippen LogP contribution >= 0.6 is 23.4 Å². The number of carbonyl (C=O) groups is 1. The van der Waals surface area contributed by atoms with Gasteiger partial charge in [0.25, 0.3) is 5.56 Å². The predicted molar refractivity (Wildman–Crippen MR) is 116 cm³/mol. The van der Waals surface area contributed by atoms with Crippen LogP contribution < -0.4 is 21.8 Å². The highest BCUT2D eigenvalue weighted by atomic mass is 35.5. The third-order valence-electron chi connectivity index (χ3n) is 4.49. The first-order valence-electron chi connectivity index (χ1n) is 9.32. The quantitative estimate of drug-likeness (QED) is 0.393. The van der Waals surface area contributed by atoms with E-state index in [4.69, 9.17) is 22.2 Å². The van der Waals surface area contributed by atoms with Gasteiger partial charge in [-0.25, -0.2) is 23.4 Å². The van der Waals surface area contributed by atoms with Gasteiger partial charge in [-0.15, -0.1) is 0 Å². The lowest BCUT2D eigenvalue weighted by Crippen LogP contribution is -2.45. The molecule has 8 nitrogen and oxygen atoms in total. The molecule has 1 atom stereocenters. The molecule has 1 unspecified atom stereocenters. The molecule has 2 heterocycles. The molecule has 1 aromatic carbocycles. The van der Waals surface area contributed by atoms with Gasteiger partial charge in [0, 0.05) is 17.2 Å². The molecule has 34 heavy (non-hydrogen) atoms. The summed E-state index contributed by atoms with van der Waals surface area (Å²) in [5.74, 6) is 3.88. The summed E-state index contributed by atoms with van der Waals surface area (Å²) in [4.78, 5) is 40.8. The van der Waals surface area contributed by atoms with Gasteiger partial charge in [-0.3, -0.25) is 9.59 Å². The monoisotopic (exact) mass is 518 g/mol. The van der Waals surface area contributed by atoms with Crippen LogP contribution in [0.25, 0.3) is 5.69 Å². The Hall–Kier alpha value is -3.32. The highest BCUT2D eigenvalue weighted by molar-refractivity contribution is 7.99.